The molecule has 22 heavy (non-hydrogen) atoms. The van der Waals surface area contributed by atoms with E-state index in [2.05, 4.69) is 4.98 Å². The van der Waals surface area contributed by atoms with Gasteiger partial charge in [0.1, 0.15) is 0 Å². The third-order valence-corrected chi connectivity index (χ3v) is 6.18. The first-order valence-corrected chi connectivity index (χ1v) is 8.84. The molecule has 0 radical (unpaired) electrons. The molecule has 1 aromatic heterocycles. The molecule has 1 fully saturated rings. The van der Waals surface area contributed by atoms with Gasteiger partial charge in [0.05, 0.1) is 22.1 Å². The third-order valence-electron chi connectivity index (χ3n) is 4.21. The van der Waals surface area contributed by atoms with E-state index in [1.165, 1.54) is 4.31 Å². The molecule has 1 unspecified atom stereocenters. The van der Waals surface area contributed by atoms with Crippen molar-refractivity contribution in [2.75, 3.05) is 6.54 Å². The second-order valence-electron chi connectivity index (χ2n) is 6.25. The van der Waals surface area contributed by atoms with Crippen LogP contribution in [0.1, 0.15) is 26.7 Å². The number of aliphatic hydroxyl groups is 1. The van der Waals surface area contributed by atoms with Crippen molar-refractivity contribution in [2.45, 2.75) is 43.2 Å². The molecule has 0 bridgehead atoms. The van der Waals surface area contributed by atoms with Gasteiger partial charge in [-0.05, 0) is 51.0 Å². The van der Waals surface area contributed by atoms with Crippen molar-refractivity contribution in [3.8, 4) is 0 Å². The average Bonchev–Trinajstić information content (AvgIpc) is 2.97. The highest BCUT2D eigenvalue weighted by atomic mass is 32.2. The van der Waals surface area contributed by atoms with Crippen LogP contribution < -0.4 is 0 Å². The number of rotatable bonds is 3. The molecule has 1 aliphatic heterocycles. The van der Waals surface area contributed by atoms with Crippen molar-refractivity contribution in [1.29, 1.82) is 0 Å². The van der Waals surface area contributed by atoms with Gasteiger partial charge < -0.3 is 5.11 Å². The smallest absolute Gasteiger partial charge is 0.244 e. The first-order valence-electron chi connectivity index (χ1n) is 7.40. The summed E-state index contributed by atoms with van der Waals surface area (Å²) in [5.41, 5.74) is -0.408. The summed E-state index contributed by atoms with van der Waals surface area (Å²) in [6.45, 7) is 3.76. The lowest BCUT2D eigenvalue weighted by atomic mass is 9.98. The Morgan fingerprint density at radius 2 is 2.05 bits per heavy atom. The SMILES string of the molecule is CC(C)(O)C1CCCN1S(=O)(=O)c1cccc2ncccc12. The van der Waals surface area contributed by atoms with Crippen LogP contribution in [0.5, 0.6) is 0 Å². The van der Waals surface area contributed by atoms with Crippen LogP contribution in [-0.2, 0) is 10.0 Å². The molecular formula is C16H20N2O3S. The lowest BCUT2D eigenvalue weighted by molar-refractivity contribution is 0.0215. The van der Waals surface area contributed by atoms with E-state index in [1.807, 2.05) is 0 Å². The molecule has 2 heterocycles. The van der Waals surface area contributed by atoms with Gasteiger partial charge in [0, 0.05) is 18.1 Å². The summed E-state index contributed by atoms with van der Waals surface area (Å²) in [7, 11) is -3.66. The van der Waals surface area contributed by atoms with Crippen LogP contribution in [0.3, 0.4) is 0 Å². The van der Waals surface area contributed by atoms with Gasteiger partial charge in [-0.2, -0.15) is 4.31 Å². The molecule has 1 atom stereocenters. The number of hydrogen-bond acceptors (Lipinski definition) is 4. The number of hydrogen-bond donors (Lipinski definition) is 1. The largest absolute Gasteiger partial charge is 0.389 e. The normalized spacial score (nSPS) is 20.6. The fourth-order valence-corrected chi connectivity index (χ4v) is 5.18. The Morgan fingerprint density at radius 3 is 2.77 bits per heavy atom. The molecule has 0 saturated carbocycles. The Bertz CT molecular complexity index is 791. The summed E-state index contributed by atoms with van der Waals surface area (Å²) in [6, 6.07) is 8.22. The molecule has 2 aromatic rings. The average molecular weight is 320 g/mol. The van der Waals surface area contributed by atoms with E-state index in [0.29, 0.717) is 23.9 Å². The van der Waals surface area contributed by atoms with Gasteiger partial charge in [0.25, 0.3) is 0 Å². The molecule has 0 aliphatic carbocycles. The zero-order valence-corrected chi connectivity index (χ0v) is 13.5. The Balaban J connectivity index is 2.13. The van der Waals surface area contributed by atoms with Crippen molar-refractivity contribution >= 4 is 20.9 Å². The van der Waals surface area contributed by atoms with Crippen LogP contribution >= 0.6 is 0 Å². The fraction of sp³-hybridized carbons (Fsp3) is 0.438. The fourth-order valence-electron chi connectivity index (χ4n) is 3.16. The quantitative estimate of drug-likeness (QED) is 0.941. The van der Waals surface area contributed by atoms with Gasteiger partial charge in [-0.3, -0.25) is 4.98 Å². The summed E-state index contributed by atoms with van der Waals surface area (Å²) >= 11 is 0. The van der Waals surface area contributed by atoms with Crippen molar-refractivity contribution in [2.24, 2.45) is 0 Å². The van der Waals surface area contributed by atoms with Crippen LogP contribution in [0.4, 0.5) is 0 Å². The molecule has 1 aliphatic rings. The Labute approximate surface area is 130 Å². The lowest BCUT2D eigenvalue weighted by Gasteiger charge is -2.33. The van der Waals surface area contributed by atoms with Crippen LogP contribution in [0.2, 0.25) is 0 Å². The highest BCUT2D eigenvalue weighted by molar-refractivity contribution is 7.89. The second-order valence-corrected chi connectivity index (χ2v) is 8.11. The van der Waals surface area contributed by atoms with Crippen LogP contribution in [0.15, 0.2) is 41.4 Å². The predicted octanol–water partition coefficient (Wildman–Crippen LogP) is 2.16. The van der Waals surface area contributed by atoms with E-state index < -0.39 is 21.7 Å². The first kappa shape index (κ1) is 15.4. The first-order chi connectivity index (χ1) is 10.3. The molecule has 3 rings (SSSR count). The number of sulfonamides is 1. The number of pyridine rings is 1. The Morgan fingerprint density at radius 1 is 1.27 bits per heavy atom. The van der Waals surface area contributed by atoms with Gasteiger partial charge >= 0.3 is 0 Å². The summed E-state index contributed by atoms with van der Waals surface area (Å²) in [5.74, 6) is 0. The van der Waals surface area contributed by atoms with Crippen molar-refractivity contribution in [3.63, 3.8) is 0 Å². The maximum atomic E-state index is 13.1. The maximum absolute atomic E-state index is 13.1. The van der Waals surface area contributed by atoms with E-state index in [4.69, 9.17) is 0 Å². The minimum Gasteiger partial charge on any atom is -0.389 e. The third kappa shape index (κ3) is 2.51. The molecule has 5 nitrogen and oxygen atoms in total. The summed E-state index contributed by atoms with van der Waals surface area (Å²) in [5, 5.41) is 10.9. The number of aromatic nitrogens is 1. The summed E-state index contributed by atoms with van der Waals surface area (Å²) < 4.78 is 27.6. The van der Waals surface area contributed by atoms with Gasteiger partial charge in [0.2, 0.25) is 10.0 Å². The topological polar surface area (TPSA) is 70.5 Å². The van der Waals surface area contributed by atoms with Gasteiger partial charge in [-0.15, -0.1) is 0 Å². The standard InChI is InChI=1S/C16H20N2O3S/c1-16(2,19)15-9-5-11-18(15)22(20,21)14-8-3-7-13-12(14)6-4-10-17-13/h3-4,6-8,10,15,19H,5,9,11H2,1-2H3. The van der Waals surface area contributed by atoms with E-state index in [0.717, 1.165) is 6.42 Å². The lowest BCUT2D eigenvalue weighted by Crippen LogP contribution is -2.48. The highest BCUT2D eigenvalue weighted by Gasteiger charge is 2.43. The zero-order valence-electron chi connectivity index (χ0n) is 12.7. The second kappa shape index (κ2) is 5.30. The summed E-state index contributed by atoms with van der Waals surface area (Å²) in [6.07, 6.45) is 3.08. The molecular weight excluding hydrogens is 300 g/mol. The van der Waals surface area contributed by atoms with Crippen LogP contribution in [0, 0.1) is 0 Å². The highest BCUT2D eigenvalue weighted by Crippen LogP contribution is 2.34. The summed E-state index contributed by atoms with van der Waals surface area (Å²) in [4.78, 5) is 4.48. The number of nitrogens with zero attached hydrogens (tertiary/aromatic N) is 2. The molecule has 6 heteroatoms. The minimum atomic E-state index is -3.66. The molecule has 0 spiro atoms. The number of benzene rings is 1. The van der Waals surface area contributed by atoms with Crippen LogP contribution in [-0.4, -0.2) is 41.0 Å². The zero-order chi connectivity index (χ0) is 16.0. The predicted molar refractivity (Wildman–Crippen MR) is 85.0 cm³/mol. The molecule has 1 aromatic carbocycles. The Hall–Kier alpha value is -1.50. The molecule has 1 saturated heterocycles. The maximum Gasteiger partial charge on any atom is 0.244 e. The van der Waals surface area contributed by atoms with Crippen molar-refractivity contribution in [1.82, 2.24) is 9.29 Å². The van der Waals surface area contributed by atoms with Crippen LogP contribution in [0.25, 0.3) is 10.9 Å². The molecule has 118 valence electrons. The van der Waals surface area contributed by atoms with E-state index in [-0.39, 0.29) is 4.90 Å². The Kier molecular flexibility index (Phi) is 3.71. The monoisotopic (exact) mass is 320 g/mol. The molecule has 0 amide bonds. The van der Waals surface area contributed by atoms with Crippen molar-refractivity contribution < 1.29 is 13.5 Å². The van der Waals surface area contributed by atoms with E-state index in [9.17, 15) is 13.5 Å². The molecule has 1 N–H and O–H groups in total. The van der Waals surface area contributed by atoms with Gasteiger partial charge in [-0.25, -0.2) is 8.42 Å². The van der Waals surface area contributed by atoms with Gasteiger partial charge in [-0.1, -0.05) is 6.07 Å². The van der Waals surface area contributed by atoms with Gasteiger partial charge in [0.15, 0.2) is 0 Å². The van der Waals surface area contributed by atoms with Crippen molar-refractivity contribution in [3.05, 3.63) is 36.5 Å². The number of fused-ring (bicyclic) bond motifs is 1. The van der Waals surface area contributed by atoms with E-state index in [1.54, 1.807) is 50.4 Å². The van der Waals surface area contributed by atoms with E-state index >= 15 is 0 Å². The minimum absolute atomic E-state index is 0.259.